The van der Waals surface area contributed by atoms with Crippen LogP contribution in [0.15, 0.2) is 0 Å². The zero-order valence-electron chi connectivity index (χ0n) is 8.26. The first-order valence-corrected chi connectivity index (χ1v) is 4.91. The third-order valence-corrected chi connectivity index (χ3v) is 3.42. The molecule has 0 radical (unpaired) electrons. The quantitative estimate of drug-likeness (QED) is 0.644. The summed E-state index contributed by atoms with van der Waals surface area (Å²) in [5, 5.41) is 11.3. The Morgan fingerprint density at radius 1 is 1.42 bits per heavy atom. The molecular formula is C9H18ClNO. The minimum absolute atomic E-state index is 0.136. The average Bonchev–Trinajstić information content (AvgIpc) is 2.11. The van der Waals surface area contributed by atoms with Crippen LogP contribution in [0.25, 0.3) is 0 Å². The molecule has 0 bridgehead atoms. The molecular weight excluding hydrogens is 174 g/mol. The van der Waals surface area contributed by atoms with Crippen LogP contribution in [0.5, 0.6) is 0 Å². The molecule has 1 saturated heterocycles. The zero-order chi connectivity index (χ0) is 9.57. The molecule has 0 aromatic heterocycles. The standard InChI is InChI=1S/C9H18ClNO/c1-8(2)5-7(6-10)9(3,4)11(8)12/h7,12H,5-6H2,1-4H3. The van der Waals surface area contributed by atoms with Crippen LogP contribution in [-0.4, -0.2) is 27.2 Å². The van der Waals surface area contributed by atoms with Gasteiger partial charge >= 0.3 is 0 Å². The van der Waals surface area contributed by atoms with Gasteiger partial charge in [0, 0.05) is 17.0 Å². The second kappa shape index (κ2) is 2.86. The maximum absolute atomic E-state index is 9.86. The van der Waals surface area contributed by atoms with Crippen LogP contribution in [0.2, 0.25) is 0 Å². The van der Waals surface area contributed by atoms with Crippen LogP contribution in [0.4, 0.5) is 0 Å². The molecule has 72 valence electrons. The predicted molar refractivity (Wildman–Crippen MR) is 50.6 cm³/mol. The first-order chi connectivity index (χ1) is 5.32. The van der Waals surface area contributed by atoms with E-state index in [1.54, 1.807) is 0 Å². The highest BCUT2D eigenvalue weighted by atomic mass is 35.5. The number of halogens is 1. The summed E-state index contributed by atoms with van der Waals surface area (Å²) in [5.41, 5.74) is -0.325. The Morgan fingerprint density at radius 3 is 2.08 bits per heavy atom. The van der Waals surface area contributed by atoms with Gasteiger partial charge in [-0.25, -0.2) is 0 Å². The highest BCUT2D eigenvalue weighted by Crippen LogP contribution is 2.43. The SMILES string of the molecule is CC1(C)CC(CCl)C(C)(C)N1O. The van der Waals surface area contributed by atoms with E-state index >= 15 is 0 Å². The predicted octanol–water partition coefficient (Wildman–Crippen LogP) is 2.49. The molecule has 0 aromatic rings. The van der Waals surface area contributed by atoms with Crippen LogP contribution in [-0.2, 0) is 0 Å². The van der Waals surface area contributed by atoms with Crippen molar-refractivity contribution in [1.29, 1.82) is 0 Å². The van der Waals surface area contributed by atoms with Crippen molar-refractivity contribution in [2.75, 3.05) is 5.88 Å². The first-order valence-electron chi connectivity index (χ1n) is 4.37. The van der Waals surface area contributed by atoms with E-state index in [4.69, 9.17) is 11.6 Å². The van der Waals surface area contributed by atoms with E-state index in [9.17, 15) is 5.21 Å². The molecule has 0 spiro atoms. The summed E-state index contributed by atoms with van der Waals surface area (Å²) in [4.78, 5) is 0. The smallest absolute Gasteiger partial charge is 0.0450 e. The van der Waals surface area contributed by atoms with E-state index in [2.05, 4.69) is 0 Å². The maximum atomic E-state index is 9.86. The molecule has 1 heterocycles. The Balaban J connectivity index is 2.88. The molecule has 0 amide bonds. The fourth-order valence-electron chi connectivity index (χ4n) is 2.14. The average molecular weight is 192 g/mol. The molecule has 0 aromatic carbocycles. The number of nitrogens with zero attached hydrogens (tertiary/aromatic N) is 1. The third kappa shape index (κ3) is 1.36. The van der Waals surface area contributed by atoms with Crippen molar-refractivity contribution in [3.63, 3.8) is 0 Å². The molecule has 0 saturated carbocycles. The number of hydroxylamine groups is 2. The zero-order valence-corrected chi connectivity index (χ0v) is 9.02. The van der Waals surface area contributed by atoms with Crippen molar-refractivity contribution >= 4 is 11.6 Å². The highest BCUT2D eigenvalue weighted by molar-refractivity contribution is 6.18. The number of hydrogen-bond acceptors (Lipinski definition) is 2. The van der Waals surface area contributed by atoms with Crippen LogP contribution in [0, 0.1) is 5.92 Å². The van der Waals surface area contributed by atoms with E-state index in [0.717, 1.165) is 6.42 Å². The van der Waals surface area contributed by atoms with Crippen LogP contribution >= 0.6 is 11.6 Å². The number of rotatable bonds is 1. The molecule has 1 atom stereocenters. The normalized spacial score (nSPS) is 34.0. The molecule has 1 rings (SSSR count). The van der Waals surface area contributed by atoms with Crippen molar-refractivity contribution in [1.82, 2.24) is 5.06 Å². The van der Waals surface area contributed by atoms with Gasteiger partial charge in [0.2, 0.25) is 0 Å². The maximum Gasteiger partial charge on any atom is 0.0450 e. The lowest BCUT2D eigenvalue weighted by atomic mass is 9.89. The lowest BCUT2D eigenvalue weighted by molar-refractivity contribution is -0.195. The Morgan fingerprint density at radius 2 is 1.92 bits per heavy atom. The van der Waals surface area contributed by atoms with E-state index in [0.29, 0.717) is 11.8 Å². The second-order valence-corrected chi connectivity index (χ2v) is 5.14. The lowest BCUT2D eigenvalue weighted by Gasteiger charge is -2.35. The summed E-state index contributed by atoms with van der Waals surface area (Å²) in [7, 11) is 0. The largest absolute Gasteiger partial charge is 0.313 e. The van der Waals surface area contributed by atoms with Gasteiger partial charge in [-0.05, 0) is 40.0 Å². The minimum atomic E-state index is -0.189. The molecule has 1 fully saturated rings. The van der Waals surface area contributed by atoms with Crippen molar-refractivity contribution in [2.24, 2.45) is 5.92 Å². The van der Waals surface area contributed by atoms with Gasteiger partial charge < -0.3 is 5.21 Å². The Bertz CT molecular complexity index is 179. The van der Waals surface area contributed by atoms with Crippen molar-refractivity contribution in [3.8, 4) is 0 Å². The van der Waals surface area contributed by atoms with Crippen LogP contribution < -0.4 is 0 Å². The van der Waals surface area contributed by atoms with E-state index in [1.807, 2.05) is 27.7 Å². The fraction of sp³-hybridized carbons (Fsp3) is 1.00. The highest BCUT2D eigenvalue weighted by Gasteiger charge is 2.50. The third-order valence-electron chi connectivity index (χ3n) is 3.05. The van der Waals surface area contributed by atoms with Gasteiger partial charge in [-0.3, -0.25) is 0 Å². The Hall–Kier alpha value is 0.210. The summed E-state index contributed by atoms with van der Waals surface area (Å²) in [5.74, 6) is 0.993. The van der Waals surface area contributed by atoms with Gasteiger partial charge in [-0.1, -0.05) is 0 Å². The molecule has 12 heavy (non-hydrogen) atoms. The van der Waals surface area contributed by atoms with E-state index in [1.165, 1.54) is 5.06 Å². The van der Waals surface area contributed by atoms with Crippen LogP contribution in [0.1, 0.15) is 34.1 Å². The molecule has 3 heteroatoms. The monoisotopic (exact) mass is 191 g/mol. The van der Waals surface area contributed by atoms with Crippen molar-refractivity contribution in [3.05, 3.63) is 0 Å². The van der Waals surface area contributed by atoms with Crippen molar-refractivity contribution < 1.29 is 5.21 Å². The summed E-state index contributed by atoms with van der Waals surface area (Å²) in [6.45, 7) is 8.16. The molecule has 0 aliphatic carbocycles. The van der Waals surface area contributed by atoms with Crippen LogP contribution in [0.3, 0.4) is 0 Å². The van der Waals surface area contributed by atoms with Crippen molar-refractivity contribution in [2.45, 2.75) is 45.2 Å². The van der Waals surface area contributed by atoms with Gasteiger partial charge in [0.25, 0.3) is 0 Å². The molecule has 1 aliphatic heterocycles. The summed E-state index contributed by atoms with van der Waals surface area (Å²) >= 11 is 5.85. The lowest BCUT2D eigenvalue weighted by Crippen LogP contribution is -2.47. The summed E-state index contributed by atoms with van der Waals surface area (Å²) < 4.78 is 0. The van der Waals surface area contributed by atoms with Gasteiger partial charge in [0.1, 0.15) is 0 Å². The van der Waals surface area contributed by atoms with Gasteiger partial charge in [-0.15, -0.1) is 11.6 Å². The number of hydrogen-bond donors (Lipinski definition) is 1. The Kier molecular flexibility index (Phi) is 2.45. The first kappa shape index (κ1) is 10.3. The second-order valence-electron chi connectivity index (χ2n) is 4.83. The topological polar surface area (TPSA) is 23.5 Å². The fourth-order valence-corrected chi connectivity index (χ4v) is 2.62. The van der Waals surface area contributed by atoms with E-state index in [-0.39, 0.29) is 11.1 Å². The molecule has 1 aliphatic rings. The molecule has 2 nitrogen and oxygen atoms in total. The minimum Gasteiger partial charge on any atom is -0.313 e. The van der Waals surface area contributed by atoms with E-state index < -0.39 is 0 Å². The number of alkyl halides is 1. The summed E-state index contributed by atoms with van der Waals surface area (Å²) in [6, 6.07) is 0. The van der Waals surface area contributed by atoms with Gasteiger partial charge in [0.05, 0.1) is 0 Å². The van der Waals surface area contributed by atoms with Gasteiger partial charge in [-0.2, -0.15) is 5.06 Å². The summed E-state index contributed by atoms with van der Waals surface area (Å²) in [6.07, 6.45) is 0.958. The Labute approximate surface area is 79.5 Å². The molecule has 1 N–H and O–H groups in total. The molecule has 1 unspecified atom stereocenters. The van der Waals surface area contributed by atoms with Gasteiger partial charge in [0.15, 0.2) is 0 Å².